The number of hydrogen-bond acceptors (Lipinski definition) is 4. The van der Waals surface area contributed by atoms with Gasteiger partial charge in [0.15, 0.2) is 0 Å². The number of rotatable bonds is 6. The number of carbonyl (C=O) groups excluding carboxylic acids is 2. The van der Waals surface area contributed by atoms with Gasteiger partial charge in [-0.3, -0.25) is 9.59 Å². The van der Waals surface area contributed by atoms with E-state index in [4.69, 9.17) is 5.73 Å². The molecule has 0 saturated carbocycles. The van der Waals surface area contributed by atoms with Gasteiger partial charge < -0.3 is 16.0 Å². The molecule has 1 fully saturated rings. The van der Waals surface area contributed by atoms with Crippen LogP contribution >= 0.6 is 0 Å². The van der Waals surface area contributed by atoms with Gasteiger partial charge in [0.1, 0.15) is 6.04 Å². The summed E-state index contributed by atoms with van der Waals surface area (Å²) < 4.78 is 0. The molecule has 1 aromatic rings. The van der Waals surface area contributed by atoms with Crippen LogP contribution in [0.1, 0.15) is 57.6 Å². The minimum atomic E-state index is -0.893. The van der Waals surface area contributed by atoms with Crippen LogP contribution in [-0.2, 0) is 21.4 Å². The first-order valence-corrected chi connectivity index (χ1v) is 10.8. The van der Waals surface area contributed by atoms with E-state index in [1.165, 1.54) is 5.57 Å². The molecule has 1 aliphatic carbocycles. The molecule has 3 atom stereocenters. The summed E-state index contributed by atoms with van der Waals surface area (Å²) in [6, 6.07) is 9.83. The Bertz CT molecular complexity index is 901. The van der Waals surface area contributed by atoms with E-state index in [1.54, 1.807) is 4.90 Å². The van der Waals surface area contributed by atoms with Crippen molar-refractivity contribution in [3.8, 4) is 6.07 Å². The monoisotopic (exact) mass is 408 g/mol. The number of nitrogens with zero attached hydrogens (tertiary/aromatic N) is 2. The summed E-state index contributed by atoms with van der Waals surface area (Å²) in [5.41, 5.74) is 9.53. The van der Waals surface area contributed by atoms with Crippen molar-refractivity contribution < 1.29 is 9.59 Å². The van der Waals surface area contributed by atoms with Crippen molar-refractivity contribution in [3.05, 3.63) is 46.5 Å². The standard InChI is InChI=1S/C24H32N4O2/c1-16-10-11-19-7-4-5-9-21(19)24(18(16)3,23(26)30)13-17(2)27-15-22(29)28-12-6-8-20(28)14-25/h4-5,7,9,17,20,27H,6,8,10-13,15H2,1-3H3,(H2,26,30). The molecule has 6 nitrogen and oxygen atoms in total. The molecule has 1 aromatic carbocycles. The Morgan fingerprint density at radius 3 is 2.77 bits per heavy atom. The molecule has 3 unspecified atom stereocenters. The number of nitriles is 1. The van der Waals surface area contributed by atoms with Gasteiger partial charge in [-0.2, -0.15) is 5.26 Å². The van der Waals surface area contributed by atoms with Gasteiger partial charge in [0.25, 0.3) is 0 Å². The summed E-state index contributed by atoms with van der Waals surface area (Å²) >= 11 is 0. The fourth-order valence-electron chi connectivity index (χ4n) is 5.01. The van der Waals surface area contributed by atoms with Crippen LogP contribution in [0.3, 0.4) is 0 Å². The molecular weight excluding hydrogens is 376 g/mol. The Morgan fingerprint density at radius 2 is 2.07 bits per heavy atom. The molecule has 1 heterocycles. The van der Waals surface area contributed by atoms with Gasteiger partial charge in [-0.05, 0) is 64.0 Å². The van der Waals surface area contributed by atoms with Crippen LogP contribution in [0.5, 0.6) is 0 Å². The number of primary amides is 1. The largest absolute Gasteiger partial charge is 0.369 e. The van der Waals surface area contributed by atoms with E-state index in [2.05, 4.69) is 24.4 Å². The van der Waals surface area contributed by atoms with Crippen molar-refractivity contribution >= 4 is 11.8 Å². The number of fused-ring (bicyclic) bond motifs is 1. The van der Waals surface area contributed by atoms with E-state index in [9.17, 15) is 14.9 Å². The second kappa shape index (κ2) is 9.01. The molecule has 0 bridgehead atoms. The van der Waals surface area contributed by atoms with E-state index in [0.29, 0.717) is 13.0 Å². The van der Waals surface area contributed by atoms with Crippen LogP contribution in [0.15, 0.2) is 35.4 Å². The van der Waals surface area contributed by atoms with Crippen LogP contribution in [0, 0.1) is 11.3 Å². The Labute approximate surface area is 179 Å². The second-order valence-corrected chi connectivity index (χ2v) is 8.69. The van der Waals surface area contributed by atoms with Gasteiger partial charge in [0, 0.05) is 12.6 Å². The van der Waals surface area contributed by atoms with Crippen LogP contribution in [0.4, 0.5) is 0 Å². The van der Waals surface area contributed by atoms with Crippen LogP contribution < -0.4 is 11.1 Å². The maximum absolute atomic E-state index is 13.0. The van der Waals surface area contributed by atoms with Gasteiger partial charge in [-0.1, -0.05) is 35.4 Å². The third-order valence-electron chi connectivity index (χ3n) is 6.88. The highest BCUT2D eigenvalue weighted by atomic mass is 16.2. The molecule has 0 aromatic heterocycles. The van der Waals surface area contributed by atoms with Gasteiger partial charge in [0.05, 0.1) is 18.0 Å². The summed E-state index contributed by atoms with van der Waals surface area (Å²) in [5, 5.41) is 12.5. The van der Waals surface area contributed by atoms with E-state index in [-0.39, 0.29) is 30.4 Å². The SMILES string of the molecule is CC1=C(C)C(CC(C)NCC(=O)N2CCCC2C#N)(C(N)=O)c2ccccc2CC1. The zero-order valence-corrected chi connectivity index (χ0v) is 18.2. The highest BCUT2D eigenvalue weighted by Gasteiger charge is 2.44. The number of carbonyl (C=O) groups is 2. The molecular formula is C24H32N4O2. The van der Waals surface area contributed by atoms with E-state index in [0.717, 1.165) is 42.4 Å². The molecule has 1 aliphatic heterocycles. The molecule has 2 aliphatic rings. The Morgan fingerprint density at radius 1 is 1.33 bits per heavy atom. The van der Waals surface area contributed by atoms with Gasteiger partial charge in [-0.15, -0.1) is 0 Å². The fourth-order valence-corrected chi connectivity index (χ4v) is 5.01. The average Bonchev–Trinajstić information content (AvgIpc) is 3.19. The van der Waals surface area contributed by atoms with Crippen molar-refractivity contribution in [2.75, 3.05) is 13.1 Å². The Kier molecular flexibility index (Phi) is 6.62. The van der Waals surface area contributed by atoms with Crippen molar-refractivity contribution in [2.45, 2.75) is 70.4 Å². The highest BCUT2D eigenvalue weighted by Crippen LogP contribution is 2.43. The number of nitrogens with one attached hydrogen (secondary N) is 1. The first-order valence-electron chi connectivity index (χ1n) is 10.8. The van der Waals surface area contributed by atoms with Crippen LogP contribution in [0.25, 0.3) is 0 Å². The average molecular weight is 409 g/mol. The lowest BCUT2D eigenvalue weighted by Crippen LogP contribution is -2.49. The number of likely N-dealkylation sites (tertiary alicyclic amines) is 1. The summed E-state index contributed by atoms with van der Waals surface area (Å²) in [7, 11) is 0. The van der Waals surface area contributed by atoms with Crippen molar-refractivity contribution in [3.63, 3.8) is 0 Å². The van der Waals surface area contributed by atoms with Gasteiger partial charge in [-0.25, -0.2) is 0 Å². The lowest BCUT2D eigenvalue weighted by atomic mass is 9.68. The highest BCUT2D eigenvalue weighted by molar-refractivity contribution is 5.91. The van der Waals surface area contributed by atoms with Crippen LogP contribution in [0.2, 0.25) is 0 Å². The molecule has 2 amide bonds. The maximum atomic E-state index is 13.0. The summed E-state index contributed by atoms with van der Waals surface area (Å²) in [6.07, 6.45) is 3.88. The third kappa shape index (κ3) is 3.99. The molecule has 0 radical (unpaired) electrons. The molecule has 160 valence electrons. The Hall–Kier alpha value is -2.65. The fraction of sp³-hybridized carbons (Fsp3) is 0.542. The number of hydrogen-bond donors (Lipinski definition) is 2. The molecule has 3 rings (SSSR count). The lowest BCUT2D eigenvalue weighted by Gasteiger charge is -2.36. The minimum absolute atomic E-state index is 0.0660. The lowest BCUT2D eigenvalue weighted by molar-refractivity contribution is -0.130. The van der Waals surface area contributed by atoms with Crippen LogP contribution in [-0.4, -0.2) is 41.9 Å². The van der Waals surface area contributed by atoms with E-state index >= 15 is 0 Å². The van der Waals surface area contributed by atoms with E-state index in [1.807, 2.05) is 32.0 Å². The molecule has 6 heteroatoms. The number of nitrogens with two attached hydrogens (primary N) is 1. The van der Waals surface area contributed by atoms with Crippen molar-refractivity contribution in [1.82, 2.24) is 10.2 Å². The van der Waals surface area contributed by atoms with Gasteiger partial charge >= 0.3 is 0 Å². The smallest absolute Gasteiger partial charge is 0.237 e. The van der Waals surface area contributed by atoms with Crippen molar-refractivity contribution in [1.29, 1.82) is 5.26 Å². The molecule has 3 N–H and O–H groups in total. The molecule has 0 spiro atoms. The molecule has 30 heavy (non-hydrogen) atoms. The first-order chi connectivity index (χ1) is 14.3. The summed E-state index contributed by atoms with van der Waals surface area (Å²) in [4.78, 5) is 27.2. The minimum Gasteiger partial charge on any atom is -0.369 e. The summed E-state index contributed by atoms with van der Waals surface area (Å²) in [6.45, 7) is 6.86. The number of aryl methyl sites for hydroxylation is 1. The quantitative estimate of drug-likeness (QED) is 0.707. The Balaban J connectivity index is 1.82. The topological polar surface area (TPSA) is 99.2 Å². The normalized spacial score (nSPS) is 24.7. The maximum Gasteiger partial charge on any atom is 0.237 e. The third-order valence-corrected chi connectivity index (χ3v) is 6.88. The summed E-state index contributed by atoms with van der Waals surface area (Å²) in [5.74, 6) is -0.415. The first kappa shape index (κ1) is 22.0. The predicted molar refractivity (Wildman–Crippen MR) is 116 cm³/mol. The molecule has 1 saturated heterocycles. The number of allylic oxidation sites excluding steroid dienone is 1. The number of amides is 2. The predicted octanol–water partition coefficient (Wildman–Crippen LogP) is 2.58. The van der Waals surface area contributed by atoms with Crippen molar-refractivity contribution in [2.24, 2.45) is 5.73 Å². The zero-order valence-electron chi connectivity index (χ0n) is 18.2. The van der Waals surface area contributed by atoms with E-state index < -0.39 is 5.41 Å². The second-order valence-electron chi connectivity index (χ2n) is 8.69. The zero-order chi connectivity index (χ0) is 21.9. The number of benzene rings is 1. The van der Waals surface area contributed by atoms with Gasteiger partial charge in [0.2, 0.25) is 11.8 Å².